The lowest BCUT2D eigenvalue weighted by molar-refractivity contribution is -0.214. The van der Waals surface area contributed by atoms with Crippen molar-refractivity contribution in [1.29, 1.82) is 0 Å². The maximum Gasteiger partial charge on any atom is 0.378 e. The second kappa shape index (κ2) is 7.40. The molecule has 3 heterocycles. The van der Waals surface area contributed by atoms with Crippen LogP contribution in [-0.2, 0) is 35.1 Å². The van der Waals surface area contributed by atoms with E-state index in [0.717, 1.165) is 5.56 Å². The van der Waals surface area contributed by atoms with Gasteiger partial charge in [-0.05, 0) is 33.3 Å². The number of esters is 2. The molecule has 0 bridgehead atoms. The van der Waals surface area contributed by atoms with Gasteiger partial charge in [-0.1, -0.05) is 30.3 Å². The molecule has 2 saturated heterocycles. The topological polar surface area (TPSA) is 102 Å². The fourth-order valence-electron chi connectivity index (χ4n) is 4.00. The number of thioether (sulfide) groups is 1. The Morgan fingerprint density at radius 2 is 1.90 bits per heavy atom. The van der Waals surface area contributed by atoms with Crippen molar-refractivity contribution in [3.63, 3.8) is 0 Å². The highest BCUT2D eigenvalue weighted by molar-refractivity contribution is 8.00. The zero-order valence-corrected chi connectivity index (χ0v) is 18.5. The predicted molar refractivity (Wildman–Crippen MR) is 113 cm³/mol. The highest BCUT2D eigenvalue weighted by Gasteiger charge is 2.71. The molecule has 9 heteroatoms. The molecule has 2 amide bonds. The van der Waals surface area contributed by atoms with Gasteiger partial charge in [-0.2, -0.15) is 0 Å². The van der Waals surface area contributed by atoms with Crippen molar-refractivity contribution in [1.82, 2.24) is 10.2 Å². The third kappa shape index (κ3) is 3.60. The molecule has 31 heavy (non-hydrogen) atoms. The number of carbonyl (C=O) groups excluding carboxylic acids is 4. The minimum atomic E-state index is -1.92. The number of hydrogen-bond acceptors (Lipinski definition) is 7. The zero-order valence-electron chi connectivity index (χ0n) is 17.7. The van der Waals surface area contributed by atoms with E-state index in [0.29, 0.717) is 5.57 Å². The summed E-state index contributed by atoms with van der Waals surface area (Å²) in [6.07, 6.45) is 1.39. The molecule has 0 unspecified atom stereocenters. The number of nitrogens with one attached hydrogen (secondary N) is 1. The second-order valence-electron chi connectivity index (χ2n) is 8.75. The van der Waals surface area contributed by atoms with E-state index in [4.69, 9.17) is 9.47 Å². The summed E-state index contributed by atoms with van der Waals surface area (Å²) < 4.78 is 11.0. The predicted octanol–water partition coefficient (Wildman–Crippen LogP) is 1.54. The SMILES string of the molecule is C[C@H]1S[C@@H]2[C@H](NC(=O)Cc3ccccc3)C(=O)N2[C@@]2(C(=O)OC(C)(C)C)OC(=O)C=C12. The lowest BCUT2D eigenvalue weighted by Gasteiger charge is -2.57. The summed E-state index contributed by atoms with van der Waals surface area (Å²) in [7, 11) is 0. The highest BCUT2D eigenvalue weighted by Crippen LogP contribution is 2.53. The standard InChI is InChI=1S/C22H24N2O6S/c1-12-14-11-16(26)29-22(14,20(28)30-21(2,3)4)24-18(27)17(19(24)31-12)23-15(25)10-13-8-6-5-7-9-13/h5-9,11-12,17,19H,10H2,1-4H3,(H,23,25)/t12-,17-,19-,22-/m1/s1. The molecule has 4 rings (SSSR count). The largest absolute Gasteiger partial charge is 0.455 e. The van der Waals surface area contributed by atoms with Gasteiger partial charge in [0.05, 0.1) is 6.42 Å². The Bertz CT molecular complexity index is 985. The molecule has 164 valence electrons. The maximum absolute atomic E-state index is 13.2. The van der Waals surface area contributed by atoms with Crippen LogP contribution in [0, 0.1) is 0 Å². The van der Waals surface area contributed by atoms with E-state index in [1.165, 1.54) is 22.7 Å². The fraction of sp³-hybridized carbons (Fsp3) is 0.455. The average molecular weight is 445 g/mol. The molecule has 1 aromatic carbocycles. The summed E-state index contributed by atoms with van der Waals surface area (Å²) in [5.74, 6) is -2.29. The van der Waals surface area contributed by atoms with Crippen molar-refractivity contribution in [2.75, 3.05) is 0 Å². The van der Waals surface area contributed by atoms with Crippen LogP contribution in [0.15, 0.2) is 42.0 Å². The molecule has 3 aliphatic heterocycles. The molecule has 8 nitrogen and oxygen atoms in total. The quantitative estimate of drug-likeness (QED) is 0.555. The molecule has 3 aliphatic rings. The van der Waals surface area contributed by atoms with Crippen molar-refractivity contribution >= 4 is 35.5 Å². The molecule has 0 aliphatic carbocycles. The molecule has 4 atom stereocenters. The number of ether oxygens (including phenoxy) is 2. The number of rotatable bonds is 4. The van der Waals surface area contributed by atoms with E-state index in [9.17, 15) is 19.2 Å². The van der Waals surface area contributed by atoms with Gasteiger partial charge in [0.25, 0.3) is 5.91 Å². The lowest BCUT2D eigenvalue weighted by atomic mass is 9.91. The number of β-lactam (4-membered cyclic amide) rings is 1. The van der Waals surface area contributed by atoms with E-state index < -0.39 is 40.6 Å². The van der Waals surface area contributed by atoms with Crippen LogP contribution in [-0.4, -0.2) is 56.6 Å². The number of fused-ring (bicyclic) bond motifs is 3. The maximum atomic E-state index is 13.2. The van der Waals surface area contributed by atoms with Crippen LogP contribution in [0.1, 0.15) is 33.3 Å². The number of nitrogens with zero attached hydrogens (tertiary/aromatic N) is 1. The van der Waals surface area contributed by atoms with Crippen molar-refractivity contribution in [3.05, 3.63) is 47.5 Å². The Hall–Kier alpha value is -2.81. The fourth-order valence-corrected chi connectivity index (χ4v) is 5.51. The van der Waals surface area contributed by atoms with Crippen molar-refractivity contribution in [3.8, 4) is 0 Å². The Kier molecular flexibility index (Phi) is 5.12. The van der Waals surface area contributed by atoms with Crippen LogP contribution in [0.25, 0.3) is 0 Å². The van der Waals surface area contributed by atoms with Crippen LogP contribution in [0.3, 0.4) is 0 Å². The molecular formula is C22H24N2O6S. The zero-order chi connectivity index (χ0) is 22.6. The Balaban J connectivity index is 1.58. The Labute approximate surface area is 184 Å². The summed E-state index contributed by atoms with van der Waals surface area (Å²) in [4.78, 5) is 52.2. The number of benzene rings is 1. The third-order valence-electron chi connectivity index (χ3n) is 5.28. The molecule has 0 radical (unpaired) electrons. The first-order valence-electron chi connectivity index (χ1n) is 10.0. The molecule has 2 fully saturated rings. The smallest absolute Gasteiger partial charge is 0.378 e. The van der Waals surface area contributed by atoms with Gasteiger partial charge >= 0.3 is 17.7 Å². The third-order valence-corrected chi connectivity index (χ3v) is 6.70. The molecular weight excluding hydrogens is 420 g/mol. The molecule has 0 saturated carbocycles. The van der Waals surface area contributed by atoms with Gasteiger partial charge in [-0.3, -0.25) is 14.5 Å². The highest BCUT2D eigenvalue weighted by atomic mass is 32.2. The van der Waals surface area contributed by atoms with Gasteiger partial charge in [0, 0.05) is 16.9 Å². The molecule has 1 N–H and O–H groups in total. The molecule has 1 aromatic rings. The monoisotopic (exact) mass is 444 g/mol. The van der Waals surface area contributed by atoms with Gasteiger partial charge in [0.1, 0.15) is 17.0 Å². The summed E-state index contributed by atoms with van der Waals surface area (Å²) in [6, 6.07) is 8.38. The van der Waals surface area contributed by atoms with Gasteiger partial charge in [-0.15, -0.1) is 11.8 Å². The van der Waals surface area contributed by atoms with Crippen molar-refractivity contribution in [2.45, 2.75) is 62.1 Å². The summed E-state index contributed by atoms with van der Waals surface area (Å²) in [5.41, 5.74) is -1.55. The Morgan fingerprint density at radius 1 is 1.23 bits per heavy atom. The molecule has 0 spiro atoms. The van der Waals surface area contributed by atoms with Gasteiger partial charge in [-0.25, -0.2) is 9.59 Å². The number of carbonyl (C=O) groups is 4. The van der Waals surface area contributed by atoms with Crippen LogP contribution < -0.4 is 5.32 Å². The second-order valence-corrected chi connectivity index (χ2v) is 10.2. The Morgan fingerprint density at radius 3 is 2.55 bits per heavy atom. The summed E-state index contributed by atoms with van der Waals surface area (Å²) >= 11 is 1.39. The van der Waals surface area contributed by atoms with Gasteiger partial charge in [0.15, 0.2) is 0 Å². The lowest BCUT2D eigenvalue weighted by Crippen LogP contribution is -2.80. The van der Waals surface area contributed by atoms with Crippen LogP contribution in [0.5, 0.6) is 0 Å². The van der Waals surface area contributed by atoms with Crippen molar-refractivity contribution in [2.24, 2.45) is 0 Å². The normalized spacial score (nSPS) is 29.2. The first-order chi connectivity index (χ1) is 14.5. The number of amides is 2. The average Bonchev–Trinajstić information content (AvgIpc) is 3.04. The summed E-state index contributed by atoms with van der Waals surface area (Å²) in [6.45, 7) is 6.93. The van der Waals surface area contributed by atoms with Crippen LogP contribution in [0.4, 0.5) is 0 Å². The van der Waals surface area contributed by atoms with E-state index in [1.54, 1.807) is 20.8 Å². The van der Waals surface area contributed by atoms with E-state index >= 15 is 0 Å². The van der Waals surface area contributed by atoms with E-state index in [2.05, 4.69) is 5.32 Å². The van der Waals surface area contributed by atoms with E-state index in [1.807, 2.05) is 37.3 Å². The van der Waals surface area contributed by atoms with Crippen LogP contribution >= 0.6 is 11.8 Å². The minimum absolute atomic E-state index is 0.134. The summed E-state index contributed by atoms with van der Waals surface area (Å²) in [5, 5.41) is 1.92. The van der Waals surface area contributed by atoms with Crippen LogP contribution in [0.2, 0.25) is 0 Å². The first-order valence-corrected chi connectivity index (χ1v) is 11.0. The molecule has 0 aromatic heterocycles. The van der Waals surface area contributed by atoms with Gasteiger partial charge in [0.2, 0.25) is 5.91 Å². The first kappa shape index (κ1) is 21.4. The van der Waals surface area contributed by atoms with E-state index in [-0.39, 0.29) is 17.6 Å². The number of hydrogen-bond donors (Lipinski definition) is 1. The van der Waals surface area contributed by atoms with Gasteiger partial charge < -0.3 is 14.8 Å². The minimum Gasteiger partial charge on any atom is -0.455 e. The van der Waals surface area contributed by atoms with Crippen molar-refractivity contribution < 1.29 is 28.7 Å².